The van der Waals surface area contributed by atoms with Crippen molar-refractivity contribution >= 4 is 16.9 Å². The van der Waals surface area contributed by atoms with Gasteiger partial charge in [0.1, 0.15) is 5.82 Å². The van der Waals surface area contributed by atoms with Gasteiger partial charge in [-0.05, 0) is 43.4 Å². The molecule has 1 aromatic carbocycles. The minimum Gasteiger partial charge on any atom is -0.298 e. The van der Waals surface area contributed by atoms with Crippen LogP contribution in [0.3, 0.4) is 0 Å². The smallest absolute Gasteiger partial charge is 0.151 e. The second kappa shape index (κ2) is 8.43. The van der Waals surface area contributed by atoms with Gasteiger partial charge < -0.3 is 0 Å². The van der Waals surface area contributed by atoms with Crippen molar-refractivity contribution in [1.82, 2.24) is 24.4 Å². The van der Waals surface area contributed by atoms with E-state index in [0.717, 1.165) is 35.2 Å². The summed E-state index contributed by atoms with van der Waals surface area (Å²) in [6.07, 6.45) is 12.8. The lowest BCUT2D eigenvalue weighted by Crippen LogP contribution is -2.05. The minimum atomic E-state index is -0.381. The molecule has 7 nitrogen and oxygen atoms in total. The van der Waals surface area contributed by atoms with Crippen molar-refractivity contribution in [2.75, 3.05) is 0 Å². The van der Waals surface area contributed by atoms with E-state index in [2.05, 4.69) is 27.3 Å². The second-order valence-electron chi connectivity index (χ2n) is 8.28. The van der Waals surface area contributed by atoms with Crippen molar-refractivity contribution in [2.24, 2.45) is 5.92 Å². The van der Waals surface area contributed by atoms with E-state index in [1.807, 2.05) is 6.07 Å². The lowest BCUT2D eigenvalue weighted by molar-refractivity contribution is -0.117. The number of Topliss-reactive ketones (excluding diaryl/α,β-unsaturated/α-hetero) is 1. The summed E-state index contributed by atoms with van der Waals surface area (Å²) in [4.78, 5) is 15.9. The Labute approximate surface area is 189 Å². The Morgan fingerprint density at radius 3 is 2.85 bits per heavy atom. The topological polar surface area (TPSA) is 88.9 Å². The molecule has 0 spiro atoms. The van der Waals surface area contributed by atoms with Crippen molar-refractivity contribution in [2.45, 2.75) is 32.7 Å². The SMILES string of the molecule is CC(=O)Cn1cc(-c2ccc(-c3cnn4ccnc(C5=CCC(C#N)CC5)c34)cc2F)cn1. The Hall–Kier alpha value is -4.12. The standard InChI is InChI=1S/C25H21FN6O/c1-16(33)14-31-15-20(12-29-31)21-7-6-19(10-23(21)26)22-13-30-32-9-8-28-24(25(22)32)18-4-2-17(11-27)3-5-18/h4,6-10,12-13,15,17H,2-3,5,14H2,1H3. The third kappa shape index (κ3) is 3.94. The maximum absolute atomic E-state index is 15.1. The molecule has 0 fully saturated rings. The van der Waals surface area contributed by atoms with Gasteiger partial charge in [0, 0.05) is 35.3 Å². The number of carbonyl (C=O) groups excluding carboxylic acids is 1. The Balaban J connectivity index is 1.53. The molecule has 1 aliphatic carbocycles. The second-order valence-corrected chi connectivity index (χ2v) is 8.28. The van der Waals surface area contributed by atoms with Gasteiger partial charge in [0.15, 0.2) is 5.78 Å². The summed E-state index contributed by atoms with van der Waals surface area (Å²) in [6.45, 7) is 1.64. The zero-order valence-corrected chi connectivity index (χ0v) is 18.1. The number of hydrogen-bond donors (Lipinski definition) is 0. The van der Waals surface area contributed by atoms with Crippen LogP contribution in [0.4, 0.5) is 4.39 Å². The molecule has 0 aliphatic heterocycles. The molecule has 164 valence electrons. The predicted octanol–water partition coefficient (Wildman–Crippen LogP) is 4.69. The van der Waals surface area contributed by atoms with Crippen LogP contribution in [-0.2, 0) is 11.3 Å². The number of benzene rings is 1. The predicted molar refractivity (Wildman–Crippen MR) is 121 cm³/mol. The van der Waals surface area contributed by atoms with E-state index >= 15 is 4.39 Å². The van der Waals surface area contributed by atoms with Crippen molar-refractivity contribution in [1.29, 1.82) is 5.26 Å². The number of fused-ring (bicyclic) bond motifs is 1. The van der Waals surface area contributed by atoms with Crippen LogP contribution in [0.1, 0.15) is 31.9 Å². The first-order valence-electron chi connectivity index (χ1n) is 10.8. The van der Waals surface area contributed by atoms with Gasteiger partial charge in [-0.2, -0.15) is 15.5 Å². The van der Waals surface area contributed by atoms with Crippen LogP contribution in [0.15, 0.2) is 55.3 Å². The Morgan fingerprint density at radius 1 is 1.24 bits per heavy atom. The maximum Gasteiger partial charge on any atom is 0.151 e. The molecule has 0 bridgehead atoms. The van der Waals surface area contributed by atoms with E-state index in [0.29, 0.717) is 23.1 Å². The summed E-state index contributed by atoms with van der Waals surface area (Å²) in [7, 11) is 0. The van der Waals surface area contributed by atoms with E-state index in [4.69, 9.17) is 0 Å². The first kappa shape index (κ1) is 20.8. The Kier molecular flexibility index (Phi) is 5.31. The van der Waals surface area contributed by atoms with E-state index in [-0.39, 0.29) is 24.1 Å². The van der Waals surface area contributed by atoms with Gasteiger partial charge >= 0.3 is 0 Å². The van der Waals surface area contributed by atoms with E-state index in [9.17, 15) is 10.1 Å². The summed E-state index contributed by atoms with van der Waals surface area (Å²) >= 11 is 0. The first-order valence-corrected chi connectivity index (χ1v) is 10.8. The van der Waals surface area contributed by atoms with Crippen LogP contribution in [0.25, 0.3) is 33.3 Å². The monoisotopic (exact) mass is 440 g/mol. The zero-order valence-electron chi connectivity index (χ0n) is 18.1. The van der Waals surface area contributed by atoms with Crippen LogP contribution >= 0.6 is 0 Å². The summed E-state index contributed by atoms with van der Waals surface area (Å²) in [5.41, 5.74) is 5.24. The maximum atomic E-state index is 15.1. The van der Waals surface area contributed by atoms with Crippen LogP contribution in [-0.4, -0.2) is 30.2 Å². The Bertz CT molecular complexity index is 1440. The lowest BCUT2D eigenvalue weighted by atomic mass is 9.88. The number of ketones is 1. The van der Waals surface area contributed by atoms with Gasteiger partial charge in [-0.1, -0.05) is 18.2 Å². The van der Waals surface area contributed by atoms with Crippen molar-refractivity contribution in [3.63, 3.8) is 0 Å². The molecule has 0 saturated heterocycles. The summed E-state index contributed by atoms with van der Waals surface area (Å²) in [6, 6.07) is 7.40. The average Bonchev–Trinajstić information content (AvgIpc) is 3.46. The molecule has 4 aromatic rings. The fourth-order valence-corrected chi connectivity index (χ4v) is 4.29. The van der Waals surface area contributed by atoms with E-state index < -0.39 is 0 Å². The number of halogens is 1. The summed E-state index contributed by atoms with van der Waals surface area (Å²) in [5, 5.41) is 17.8. The lowest BCUT2D eigenvalue weighted by Gasteiger charge is -2.17. The number of hydrogen-bond acceptors (Lipinski definition) is 5. The van der Waals surface area contributed by atoms with Crippen molar-refractivity contribution in [3.8, 4) is 28.3 Å². The fraction of sp³-hybridized carbons (Fsp3) is 0.240. The van der Waals surface area contributed by atoms with Gasteiger partial charge in [-0.25, -0.2) is 8.91 Å². The molecule has 33 heavy (non-hydrogen) atoms. The van der Waals surface area contributed by atoms with Gasteiger partial charge in [-0.15, -0.1) is 0 Å². The molecular formula is C25H21FN6O. The molecule has 1 atom stereocenters. The summed E-state index contributed by atoms with van der Waals surface area (Å²) < 4.78 is 18.4. The number of nitrogens with zero attached hydrogens (tertiary/aromatic N) is 6. The highest BCUT2D eigenvalue weighted by Crippen LogP contribution is 2.36. The molecule has 0 N–H and O–H groups in total. The molecule has 5 rings (SSSR count). The summed E-state index contributed by atoms with van der Waals surface area (Å²) in [5.74, 6) is -0.359. The van der Waals surface area contributed by atoms with E-state index in [1.54, 1.807) is 41.6 Å². The Morgan fingerprint density at radius 2 is 2.12 bits per heavy atom. The molecule has 0 saturated carbocycles. The molecular weight excluding hydrogens is 419 g/mol. The third-order valence-corrected chi connectivity index (χ3v) is 5.94. The number of aromatic nitrogens is 5. The number of rotatable bonds is 5. The zero-order chi connectivity index (χ0) is 22.9. The van der Waals surface area contributed by atoms with Crippen LogP contribution in [0.2, 0.25) is 0 Å². The third-order valence-electron chi connectivity index (χ3n) is 5.94. The molecule has 1 aliphatic rings. The van der Waals surface area contributed by atoms with Crippen LogP contribution < -0.4 is 0 Å². The number of allylic oxidation sites excluding steroid dienone is 2. The van der Waals surface area contributed by atoms with Gasteiger partial charge in [-0.3, -0.25) is 14.5 Å². The molecule has 8 heteroatoms. The minimum absolute atomic E-state index is 0.0193. The fourth-order valence-electron chi connectivity index (χ4n) is 4.29. The largest absolute Gasteiger partial charge is 0.298 e. The molecule has 1 unspecified atom stereocenters. The van der Waals surface area contributed by atoms with Crippen LogP contribution in [0.5, 0.6) is 0 Å². The van der Waals surface area contributed by atoms with Gasteiger partial charge in [0.2, 0.25) is 0 Å². The van der Waals surface area contributed by atoms with Gasteiger partial charge in [0.05, 0.1) is 42.1 Å². The first-order chi connectivity index (χ1) is 16.0. The van der Waals surface area contributed by atoms with Crippen molar-refractivity contribution in [3.05, 3.63) is 66.8 Å². The number of nitriles is 1. The molecule has 0 amide bonds. The highest BCUT2D eigenvalue weighted by molar-refractivity contribution is 5.89. The highest BCUT2D eigenvalue weighted by Gasteiger charge is 2.20. The highest BCUT2D eigenvalue weighted by atomic mass is 19.1. The van der Waals surface area contributed by atoms with E-state index in [1.165, 1.54) is 17.7 Å². The molecule has 3 heterocycles. The quantitative estimate of drug-likeness (QED) is 0.449. The average molecular weight is 440 g/mol. The molecule has 0 radical (unpaired) electrons. The van der Waals surface area contributed by atoms with Crippen LogP contribution in [0, 0.1) is 23.1 Å². The van der Waals surface area contributed by atoms with Crippen molar-refractivity contribution < 1.29 is 9.18 Å². The molecule has 3 aromatic heterocycles. The normalized spacial score (nSPS) is 15.9. The van der Waals surface area contributed by atoms with Gasteiger partial charge in [0.25, 0.3) is 0 Å². The number of carbonyl (C=O) groups is 1.